The van der Waals surface area contributed by atoms with Crippen molar-refractivity contribution in [2.24, 2.45) is 0 Å². The molecule has 0 bridgehead atoms. The summed E-state index contributed by atoms with van der Waals surface area (Å²) < 4.78 is 5.69. The highest BCUT2D eigenvalue weighted by Gasteiger charge is 2.22. The first-order valence-electron chi connectivity index (χ1n) is 7.16. The van der Waals surface area contributed by atoms with Gasteiger partial charge >= 0.3 is 0 Å². The molecule has 4 nitrogen and oxygen atoms in total. The van der Waals surface area contributed by atoms with Crippen LogP contribution in [-0.4, -0.2) is 57.6 Å². The Morgan fingerprint density at radius 2 is 1.89 bits per heavy atom. The number of aliphatic hydroxyl groups excluding tert-OH is 1. The van der Waals surface area contributed by atoms with Crippen molar-refractivity contribution in [3.63, 3.8) is 0 Å². The standard InChI is InChI=1S/C15H24N2O2/c1-13-5-3-4-6-15(13)19-12-14(18)11-17-9-7-16(2)8-10-17/h3-6,14,18H,7-12H2,1-2H3/p+2/t14-/m0/s1. The van der Waals surface area contributed by atoms with E-state index in [2.05, 4.69) is 7.05 Å². The van der Waals surface area contributed by atoms with Gasteiger partial charge < -0.3 is 19.6 Å². The number of likely N-dealkylation sites (N-methyl/N-ethyl adjacent to an activating group) is 1. The van der Waals surface area contributed by atoms with Crippen molar-refractivity contribution >= 4 is 0 Å². The number of rotatable bonds is 5. The summed E-state index contributed by atoms with van der Waals surface area (Å²) in [5.41, 5.74) is 1.12. The number of hydrogen-bond acceptors (Lipinski definition) is 2. The van der Waals surface area contributed by atoms with Gasteiger partial charge in [0.2, 0.25) is 0 Å². The molecule has 2 rings (SSSR count). The molecule has 1 fully saturated rings. The van der Waals surface area contributed by atoms with Gasteiger partial charge in [0.15, 0.2) is 0 Å². The molecule has 4 heteroatoms. The minimum absolute atomic E-state index is 0.381. The molecule has 1 aromatic carbocycles. The molecule has 1 heterocycles. The molecule has 1 atom stereocenters. The Labute approximate surface area is 115 Å². The summed E-state index contributed by atoms with van der Waals surface area (Å²) in [7, 11) is 2.23. The molecule has 1 saturated heterocycles. The van der Waals surface area contributed by atoms with E-state index < -0.39 is 0 Å². The molecule has 0 spiro atoms. The van der Waals surface area contributed by atoms with Crippen molar-refractivity contribution in [1.29, 1.82) is 0 Å². The van der Waals surface area contributed by atoms with E-state index in [1.54, 1.807) is 4.90 Å². The van der Waals surface area contributed by atoms with Gasteiger partial charge in [-0.15, -0.1) is 0 Å². The fourth-order valence-electron chi connectivity index (χ4n) is 2.53. The number of aliphatic hydroxyl groups is 1. The smallest absolute Gasteiger partial charge is 0.137 e. The van der Waals surface area contributed by atoms with Gasteiger partial charge in [-0.1, -0.05) is 18.2 Å². The fraction of sp³-hybridized carbons (Fsp3) is 0.600. The first-order valence-corrected chi connectivity index (χ1v) is 7.16. The lowest BCUT2D eigenvalue weighted by Crippen LogP contribution is -3.27. The van der Waals surface area contributed by atoms with Gasteiger partial charge in [0.1, 0.15) is 51.2 Å². The number of piperazine rings is 1. The molecule has 0 radical (unpaired) electrons. The van der Waals surface area contributed by atoms with Crippen LogP contribution in [0.5, 0.6) is 5.75 Å². The summed E-state index contributed by atoms with van der Waals surface area (Å²) in [5.74, 6) is 0.874. The molecule has 19 heavy (non-hydrogen) atoms. The zero-order valence-electron chi connectivity index (χ0n) is 12.0. The van der Waals surface area contributed by atoms with E-state index in [0.717, 1.165) is 30.9 Å². The molecule has 106 valence electrons. The van der Waals surface area contributed by atoms with Crippen LogP contribution >= 0.6 is 0 Å². The van der Waals surface area contributed by atoms with Crippen LogP contribution in [0.4, 0.5) is 0 Å². The third kappa shape index (κ3) is 4.49. The van der Waals surface area contributed by atoms with Crippen LogP contribution in [0, 0.1) is 6.92 Å². The minimum atomic E-state index is -0.381. The van der Waals surface area contributed by atoms with E-state index in [4.69, 9.17) is 4.74 Å². The SMILES string of the molecule is Cc1ccccc1OC[C@@H](O)C[NH+]1CC[NH+](C)CC1. The topological polar surface area (TPSA) is 38.3 Å². The lowest BCUT2D eigenvalue weighted by Gasteiger charge is -2.28. The summed E-state index contributed by atoms with van der Waals surface area (Å²) in [5, 5.41) is 10.1. The van der Waals surface area contributed by atoms with Crippen LogP contribution in [0.15, 0.2) is 24.3 Å². The number of para-hydroxylation sites is 1. The molecule has 0 aliphatic carbocycles. The Bertz CT molecular complexity index is 389. The summed E-state index contributed by atoms with van der Waals surface area (Å²) in [4.78, 5) is 3.08. The molecule has 1 aliphatic rings. The van der Waals surface area contributed by atoms with Gasteiger partial charge in [0, 0.05) is 0 Å². The Morgan fingerprint density at radius 3 is 2.58 bits per heavy atom. The zero-order chi connectivity index (χ0) is 13.7. The number of benzene rings is 1. The fourth-order valence-corrected chi connectivity index (χ4v) is 2.53. The van der Waals surface area contributed by atoms with E-state index in [-0.39, 0.29) is 6.10 Å². The predicted octanol–water partition coefficient (Wildman–Crippen LogP) is -1.85. The second kappa shape index (κ2) is 6.89. The average molecular weight is 266 g/mol. The monoisotopic (exact) mass is 266 g/mol. The summed E-state index contributed by atoms with van der Waals surface area (Å²) in [6.45, 7) is 7.88. The van der Waals surface area contributed by atoms with E-state index in [1.807, 2.05) is 31.2 Å². The van der Waals surface area contributed by atoms with Crippen LogP contribution in [0.3, 0.4) is 0 Å². The van der Waals surface area contributed by atoms with Crippen molar-refractivity contribution in [2.75, 3.05) is 46.4 Å². The largest absolute Gasteiger partial charge is 0.490 e. The Balaban J connectivity index is 1.73. The van der Waals surface area contributed by atoms with Crippen molar-refractivity contribution in [1.82, 2.24) is 0 Å². The van der Waals surface area contributed by atoms with Crippen LogP contribution in [0.2, 0.25) is 0 Å². The molecular weight excluding hydrogens is 240 g/mol. The molecule has 0 unspecified atom stereocenters. The lowest BCUT2D eigenvalue weighted by molar-refractivity contribution is -1.00. The van der Waals surface area contributed by atoms with Gasteiger partial charge in [-0.3, -0.25) is 0 Å². The Kier molecular flexibility index (Phi) is 5.19. The molecule has 0 amide bonds. The van der Waals surface area contributed by atoms with E-state index >= 15 is 0 Å². The van der Waals surface area contributed by atoms with E-state index in [0.29, 0.717) is 6.61 Å². The van der Waals surface area contributed by atoms with Gasteiger partial charge in [-0.2, -0.15) is 0 Å². The second-order valence-corrected chi connectivity index (χ2v) is 5.64. The average Bonchev–Trinajstić information content (AvgIpc) is 2.40. The van der Waals surface area contributed by atoms with Crippen molar-refractivity contribution in [3.8, 4) is 5.75 Å². The van der Waals surface area contributed by atoms with Crippen molar-refractivity contribution in [2.45, 2.75) is 13.0 Å². The number of nitrogens with one attached hydrogen (secondary N) is 2. The summed E-state index contributed by atoms with van der Waals surface area (Å²) in [6, 6.07) is 7.93. The maximum Gasteiger partial charge on any atom is 0.137 e. The highest BCUT2D eigenvalue weighted by molar-refractivity contribution is 5.31. The van der Waals surface area contributed by atoms with Gasteiger partial charge in [-0.05, 0) is 18.6 Å². The first-order chi connectivity index (χ1) is 9.15. The number of ether oxygens (including phenoxy) is 1. The van der Waals surface area contributed by atoms with Crippen LogP contribution < -0.4 is 14.5 Å². The number of quaternary nitrogens is 2. The van der Waals surface area contributed by atoms with Crippen molar-refractivity contribution in [3.05, 3.63) is 29.8 Å². The molecule has 0 aromatic heterocycles. The Hall–Kier alpha value is -1.10. The normalized spacial score (nSPS) is 25.0. The van der Waals surface area contributed by atoms with Crippen molar-refractivity contribution < 1.29 is 19.6 Å². The van der Waals surface area contributed by atoms with Gasteiger partial charge in [-0.25, -0.2) is 0 Å². The second-order valence-electron chi connectivity index (χ2n) is 5.64. The third-order valence-corrected chi connectivity index (χ3v) is 3.86. The minimum Gasteiger partial charge on any atom is -0.490 e. The zero-order valence-corrected chi connectivity index (χ0v) is 12.0. The molecule has 0 saturated carbocycles. The predicted molar refractivity (Wildman–Crippen MR) is 74.9 cm³/mol. The maximum atomic E-state index is 10.1. The third-order valence-electron chi connectivity index (χ3n) is 3.86. The Morgan fingerprint density at radius 1 is 1.21 bits per heavy atom. The van der Waals surface area contributed by atoms with Crippen LogP contribution in [-0.2, 0) is 0 Å². The van der Waals surface area contributed by atoms with E-state index in [1.165, 1.54) is 18.0 Å². The highest BCUT2D eigenvalue weighted by Crippen LogP contribution is 2.15. The molecule has 3 N–H and O–H groups in total. The quantitative estimate of drug-likeness (QED) is 0.585. The van der Waals surface area contributed by atoms with Gasteiger partial charge in [0.25, 0.3) is 0 Å². The lowest BCUT2D eigenvalue weighted by atomic mass is 10.2. The number of hydrogen-bond donors (Lipinski definition) is 3. The first kappa shape index (κ1) is 14.3. The summed E-state index contributed by atoms with van der Waals surface area (Å²) >= 11 is 0. The van der Waals surface area contributed by atoms with Crippen LogP contribution in [0.1, 0.15) is 5.56 Å². The van der Waals surface area contributed by atoms with Gasteiger partial charge in [0.05, 0.1) is 7.05 Å². The number of aryl methyl sites for hydroxylation is 1. The molecular formula is C15H26N2O2+2. The van der Waals surface area contributed by atoms with Crippen LogP contribution in [0.25, 0.3) is 0 Å². The highest BCUT2D eigenvalue weighted by atomic mass is 16.5. The maximum absolute atomic E-state index is 10.1. The molecule has 1 aromatic rings. The molecule has 1 aliphatic heterocycles. The van der Waals surface area contributed by atoms with E-state index in [9.17, 15) is 5.11 Å². The summed E-state index contributed by atoms with van der Waals surface area (Å²) in [6.07, 6.45) is -0.381.